The molecule has 0 amide bonds. The van der Waals surface area contributed by atoms with Gasteiger partial charge in [-0.2, -0.15) is 0 Å². The minimum absolute atomic E-state index is 0.0722. The van der Waals surface area contributed by atoms with Gasteiger partial charge < -0.3 is 10.5 Å². The van der Waals surface area contributed by atoms with Gasteiger partial charge in [-0.25, -0.2) is 0 Å². The number of rotatable bonds is 3. The van der Waals surface area contributed by atoms with Gasteiger partial charge in [0, 0.05) is 31.9 Å². The number of hydrogen-bond donors (Lipinski definition) is 1. The molecule has 1 aromatic rings. The van der Waals surface area contributed by atoms with Gasteiger partial charge in [0.2, 0.25) is 0 Å². The molecule has 0 radical (unpaired) electrons. The third kappa shape index (κ3) is 3.25. The summed E-state index contributed by atoms with van der Waals surface area (Å²) in [6.45, 7) is 5.65. The molecule has 1 aliphatic rings. The lowest BCUT2D eigenvalue weighted by molar-refractivity contribution is 0.126. The van der Waals surface area contributed by atoms with E-state index in [4.69, 9.17) is 10.5 Å². The summed E-state index contributed by atoms with van der Waals surface area (Å²) in [4.78, 5) is 6.83. The van der Waals surface area contributed by atoms with Crippen LogP contribution in [0.2, 0.25) is 0 Å². The first kappa shape index (κ1) is 12.5. The Labute approximate surface area is 103 Å². The average molecular weight is 235 g/mol. The first-order valence-corrected chi connectivity index (χ1v) is 6.27. The van der Waals surface area contributed by atoms with E-state index in [1.165, 1.54) is 0 Å². The van der Waals surface area contributed by atoms with E-state index in [9.17, 15) is 0 Å². The second kappa shape index (κ2) is 6.10. The lowest BCUT2D eigenvalue weighted by atomic mass is 10.0. The number of hydrogen-bond acceptors (Lipinski definition) is 4. The number of ether oxygens (including phenoxy) is 1. The van der Waals surface area contributed by atoms with Crippen LogP contribution in [-0.4, -0.2) is 42.2 Å². The predicted octanol–water partition coefficient (Wildman–Crippen LogP) is 1.19. The quantitative estimate of drug-likeness (QED) is 0.855. The maximum atomic E-state index is 6.13. The Bertz CT molecular complexity index is 321. The van der Waals surface area contributed by atoms with Crippen LogP contribution in [0.4, 0.5) is 0 Å². The minimum atomic E-state index is 0.0722. The summed E-state index contributed by atoms with van der Waals surface area (Å²) in [5, 5.41) is 0. The third-order valence-corrected chi connectivity index (χ3v) is 3.14. The van der Waals surface area contributed by atoms with Crippen molar-refractivity contribution in [3.8, 4) is 0 Å². The SMILES string of the molecule is CC(N)C(c1ccccn1)N1CCCOCC1. The fourth-order valence-electron chi connectivity index (χ4n) is 2.38. The van der Waals surface area contributed by atoms with Crippen LogP contribution in [0.5, 0.6) is 0 Å². The van der Waals surface area contributed by atoms with Gasteiger partial charge in [-0.3, -0.25) is 9.88 Å². The van der Waals surface area contributed by atoms with Crippen molar-refractivity contribution in [1.29, 1.82) is 0 Å². The highest BCUT2D eigenvalue weighted by Gasteiger charge is 2.25. The van der Waals surface area contributed by atoms with Crippen LogP contribution < -0.4 is 5.73 Å². The summed E-state index contributed by atoms with van der Waals surface area (Å²) in [6.07, 6.45) is 2.90. The van der Waals surface area contributed by atoms with E-state index >= 15 is 0 Å². The number of aromatic nitrogens is 1. The van der Waals surface area contributed by atoms with Gasteiger partial charge in [-0.15, -0.1) is 0 Å². The summed E-state index contributed by atoms with van der Waals surface area (Å²) in [7, 11) is 0. The zero-order valence-electron chi connectivity index (χ0n) is 10.4. The summed E-state index contributed by atoms with van der Waals surface area (Å²) in [5.74, 6) is 0. The van der Waals surface area contributed by atoms with E-state index in [2.05, 4.69) is 16.0 Å². The van der Waals surface area contributed by atoms with Crippen molar-refractivity contribution in [2.45, 2.75) is 25.4 Å². The second-order valence-corrected chi connectivity index (χ2v) is 4.56. The topological polar surface area (TPSA) is 51.4 Å². The van der Waals surface area contributed by atoms with Crippen molar-refractivity contribution in [2.24, 2.45) is 5.73 Å². The summed E-state index contributed by atoms with van der Waals surface area (Å²) in [6, 6.07) is 6.28. The molecule has 94 valence electrons. The molecule has 4 nitrogen and oxygen atoms in total. The lowest BCUT2D eigenvalue weighted by Gasteiger charge is -2.32. The molecule has 2 N–H and O–H groups in total. The van der Waals surface area contributed by atoms with Gasteiger partial charge in [0.25, 0.3) is 0 Å². The maximum absolute atomic E-state index is 6.13. The lowest BCUT2D eigenvalue weighted by Crippen LogP contribution is -2.41. The zero-order valence-corrected chi connectivity index (χ0v) is 10.4. The molecule has 1 saturated heterocycles. The summed E-state index contributed by atoms with van der Waals surface area (Å²) in [5.41, 5.74) is 7.19. The highest BCUT2D eigenvalue weighted by atomic mass is 16.5. The third-order valence-electron chi connectivity index (χ3n) is 3.14. The van der Waals surface area contributed by atoms with Crippen molar-refractivity contribution < 1.29 is 4.74 Å². The van der Waals surface area contributed by atoms with Crippen LogP contribution in [0.3, 0.4) is 0 Å². The van der Waals surface area contributed by atoms with Gasteiger partial charge in [-0.1, -0.05) is 6.07 Å². The molecular weight excluding hydrogens is 214 g/mol. The van der Waals surface area contributed by atoms with Crippen LogP contribution in [0.25, 0.3) is 0 Å². The van der Waals surface area contributed by atoms with E-state index < -0.39 is 0 Å². The van der Waals surface area contributed by atoms with E-state index in [-0.39, 0.29) is 12.1 Å². The molecule has 17 heavy (non-hydrogen) atoms. The molecule has 0 aromatic carbocycles. The van der Waals surface area contributed by atoms with E-state index in [0.29, 0.717) is 0 Å². The van der Waals surface area contributed by atoms with Crippen molar-refractivity contribution in [3.63, 3.8) is 0 Å². The Kier molecular flexibility index (Phi) is 4.48. The predicted molar refractivity (Wildman–Crippen MR) is 67.6 cm³/mol. The zero-order chi connectivity index (χ0) is 12.1. The molecule has 2 unspecified atom stereocenters. The van der Waals surface area contributed by atoms with Gasteiger partial charge in [0.1, 0.15) is 0 Å². The fraction of sp³-hybridized carbons (Fsp3) is 0.615. The number of nitrogens with two attached hydrogens (primary N) is 1. The first-order valence-electron chi connectivity index (χ1n) is 6.27. The van der Waals surface area contributed by atoms with Crippen molar-refractivity contribution in [3.05, 3.63) is 30.1 Å². The molecule has 2 rings (SSSR count). The van der Waals surface area contributed by atoms with E-state index in [0.717, 1.165) is 38.4 Å². The van der Waals surface area contributed by atoms with Crippen LogP contribution in [0, 0.1) is 0 Å². The largest absolute Gasteiger partial charge is 0.380 e. The Morgan fingerprint density at radius 2 is 2.24 bits per heavy atom. The highest BCUT2D eigenvalue weighted by Crippen LogP contribution is 2.22. The molecule has 1 aromatic heterocycles. The summed E-state index contributed by atoms with van der Waals surface area (Å²) < 4.78 is 5.49. The molecule has 2 atom stereocenters. The van der Waals surface area contributed by atoms with Crippen LogP contribution in [0.1, 0.15) is 25.1 Å². The molecule has 0 bridgehead atoms. The van der Waals surface area contributed by atoms with E-state index in [1.54, 1.807) is 0 Å². The van der Waals surface area contributed by atoms with Crippen molar-refractivity contribution >= 4 is 0 Å². The van der Waals surface area contributed by atoms with Gasteiger partial charge in [0.15, 0.2) is 0 Å². The molecule has 1 aliphatic heterocycles. The molecule has 4 heteroatoms. The Morgan fingerprint density at radius 3 is 2.94 bits per heavy atom. The molecule has 2 heterocycles. The second-order valence-electron chi connectivity index (χ2n) is 4.56. The smallest absolute Gasteiger partial charge is 0.0671 e. The van der Waals surface area contributed by atoms with Gasteiger partial charge >= 0.3 is 0 Å². The van der Waals surface area contributed by atoms with Crippen LogP contribution in [-0.2, 0) is 4.74 Å². The van der Waals surface area contributed by atoms with Crippen molar-refractivity contribution in [1.82, 2.24) is 9.88 Å². The summed E-state index contributed by atoms with van der Waals surface area (Å²) >= 11 is 0. The standard InChI is InChI=1S/C13H21N3O/c1-11(14)13(12-5-2-3-6-15-12)16-7-4-9-17-10-8-16/h2-3,5-6,11,13H,4,7-10,14H2,1H3. The van der Waals surface area contributed by atoms with Gasteiger partial charge in [0.05, 0.1) is 18.3 Å². The Balaban J connectivity index is 2.16. The normalized spacial score (nSPS) is 21.8. The van der Waals surface area contributed by atoms with Crippen LogP contribution in [0.15, 0.2) is 24.4 Å². The fourth-order valence-corrected chi connectivity index (χ4v) is 2.38. The Hall–Kier alpha value is -0.970. The Morgan fingerprint density at radius 1 is 1.35 bits per heavy atom. The van der Waals surface area contributed by atoms with E-state index in [1.807, 2.05) is 25.3 Å². The molecule has 0 saturated carbocycles. The molecule has 0 spiro atoms. The monoisotopic (exact) mass is 235 g/mol. The molecular formula is C13H21N3O. The first-order chi connectivity index (χ1) is 8.29. The van der Waals surface area contributed by atoms with Crippen LogP contribution >= 0.6 is 0 Å². The van der Waals surface area contributed by atoms with Gasteiger partial charge in [-0.05, 0) is 25.5 Å². The maximum Gasteiger partial charge on any atom is 0.0671 e. The average Bonchev–Trinajstić information content (AvgIpc) is 2.59. The minimum Gasteiger partial charge on any atom is -0.380 e. The number of pyridine rings is 1. The van der Waals surface area contributed by atoms with Crippen molar-refractivity contribution in [2.75, 3.05) is 26.3 Å². The molecule has 1 fully saturated rings. The highest BCUT2D eigenvalue weighted by molar-refractivity contribution is 5.11. The number of nitrogens with zero attached hydrogens (tertiary/aromatic N) is 2. The molecule has 0 aliphatic carbocycles.